The minimum Gasteiger partial charge on any atom is -0.309 e. The van der Waals surface area contributed by atoms with E-state index in [2.05, 4.69) is 228 Å². The molecule has 0 spiro atoms. The highest BCUT2D eigenvalue weighted by Crippen LogP contribution is 2.40. The number of rotatable bonds is 7. The summed E-state index contributed by atoms with van der Waals surface area (Å²) >= 11 is 0. The van der Waals surface area contributed by atoms with E-state index in [1.54, 1.807) is 0 Å². The second-order valence-electron chi connectivity index (χ2n) is 15.8. The zero-order chi connectivity index (χ0) is 41.0. The van der Waals surface area contributed by atoms with E-state index in [9.17, 15) is 0 Å². The second kappa shape index (κ2) is 14.7. The predicted octanol–water partition coefficient (Wildman–Crippen LogP) is 15.0. The van der Waals surface area contributed by atoms with E-state index in [0.29, 0.717) is 5.82 Å². The molecule has 4 nitrogen and oxygen atoms in total. The number of fused-ring (bicyclic) bond motifs is 6. The lowest BCUT2D eigenvalue weighted by molar-refractivity contribution is 1.18. The van der Waals surface area contributed by atoms with Crippen LogP contribution in [0.4, 0.5) is 0 Å². The molecular formula is C58H38N4. The minimum atomic E-state index is 0.703. The topological polar surface area (TPSA) is 35.6 Å². The van der Waals surface area contributed by atoms with Crippen molar-refractivity contribution in [2.75, 3.05) is 0 Å². The van der Waals surface area contributed by atoms with Gasteiger partial charge in [-0.25, -0.2) is 9.97 Å². The van der Waals surface area contributed by atoms with Gasteiger partial charge >= 0.3 is 0 Å². The van der Waals surface area contributed by atoms with Crippen molar-refractivity contribution in [2.24, 2.45) is 0 Å². The van der Waals surface area contributed by atoms with E-state index in [1.165, 1.54) is 66.0 Å². The first-order valence-corrected chi connectivity index (χ1v) is 21.1. The van der Waals surface area contributed by atoms with Gasteiger partial charge in [0, 0.05) is 49.6 Å². The molecule has 0 N–H and O–H groups in total. The van der Waals surface area contributed by atoms with Crippen molar-refractivity contribution in [1.82, 2.24) is 19.1 Å². The van der Waals surface area contributed by atoms with E-state index < -0.39 is 0 Å². The van der Waals surface area contributed by atoms with Crippen LogP contribution in [0.15, 0.2) is 231 Å². The summed E-state index contributed by atoms with van der Waals surface area (Å²) in [4.78, 5) is 10.2. The molecule has 3 aromatic heterocycles. The van der Waals surface area contributed by atoms with Crippen LogP contribution in [-0.4, -0.2) is 19.1 Å². The molecule has 12 rings (SSSR count). The first kappa shape index (κ1) is 35.6. The number of hydrogen-bond donors (Lipinski definition) is 0. The molecule has 0 aliphatic carbocycles. The monoisotopic (exact) mass is 790 g/mol. The Bertz CT molecular complexity index is 3530. The van der Waals surface area contributed by atoms with E-state index >= 15 is 0 Å². The van der Waals surface area contributed by atoms with Crippen molar-refractivity contribution < 1.29 is 0 Å². The average molecular weight is 791 g/mol. The van der Waals surface area contributed by atoms with Crippen LogP contribution >= 0.6 is 0 Å². The lowest BCUT2D eigenvalue weighted by Gasteiger charge is -2.11. The second-order valence-corrected chi connectivity index (χ2v) is 15.8. The summed E-state index contributed by atoms with van der Waals surface area (Å²) in [5.74, 6) is 0.703. The van der Waals surface area contributed by atoms with Crippen molar-refractivity contribution in [2.45, 2.75) is 0 Å². The van der Waals surface area contributed by atoms with Crippen molar-refractivity contribution in [3.05, 3.63) is 231 Å². The minimum absolute atomic E-state index is 0.703. The maximum absolute atomic E-state index is 5.08. The molecule has 12 aromatic rings. The fourth-order valence-corrected chi connectivity index (χ4v) is 9.24. The standard InChI is InChI=1S/C58H38N4/c1-4-15-41(16-5-1)51-38-52(42-17-6-2-7-18-42)60-58(59-51)43-29-27-40(28-30-43)47-23-14-26-56-57(47)49-22-11-13-25-54(49)62(56)46-34-31-39(32-35-46)44-33-36-55-50(37-44)48-21-10-12-24-53(48)61(55)45-19-8-3-9-20-45/h1-38H. The molecule has 0 unspecified atom stereocenters. The van der Waals surface area contributed by atoms with Gasteiger partial charge in [-0.15, -0.1) is 0 Å². The van der Waals surface area contributed by atoms with E-state index in [1.807, 2.05) is 12.1 Å². The number of benzene rings is 9. The molecule has 9 aromatic carbocycles. The fourth-order valence-electron chi connectivity index (χ4n) is 9.24. The van der Waals surface area contributed by atoms with Gasteiger partial charge in [0.25, 0.3) is 0 Å². The zero-order valence-electron chi connectivity index (χ0n) is 33.7. The van der Waals surface area contributed by atoms with Crippen LogP contribution in [0.3, 0.4) is 0 Å². The van der Waals surface area contributed by atoms with Crippen LogP contribution in [0.2, 0.25) is 0 Å². The maximum Gasteiger partial charge on any atom is 0.160 e. The van der Waals surface area contributed by atoms with E-state index in [0.717, 1.165) is 39.3 Å². The summed E-state index contributed by atoms with van der Waals surface area (Å²) in [7, 11) is 0. The molecule has 0 saturated heterocycles. The molecule has 0 aliphatic rings. The first-order chi connectivity index (χ1) is 30.7. The molecule has 0 fully saturated rings. The van der Waals surface area contributed by atoms with Crippen LogP contribution in [-0.2, 0) is 0 Å². The fraction of sp³-hybridized carbons (Fsp3) is 0. The Morgan fingerprint density at radius 2 is 0.758 bits per heavy atom. The van der Waals surface area contributed by atoms with Gasteiger partial charge in [-0.05, 0) is 82.9 Å². The Hall–Kier alpha value is -8.34. The van der Waals surface area contributed by atoms with Crippen molar-refractivity contribution in [3.8, 4) is 67.5 Å². The quantitative estimate of drug-likeness (QED) is 0.161. The Kier molecular flexibility index (Phi) is 8.46. The van der Waals surface area contributed by atoms with Crippen molar-refractivity contribution >= 4 is 43.6 Å². The van der Waals surface area contributed by atoms with Gasteiger partial charge in [0.2, 0.25) is 0 Å². The zero-order valence-corrected chi connectivity index (χ0v) is 33.7. The molecule has 0 bridgehead atoms. The Morgan fingerprint density at radius 1 is 0.274 bits per heavy atom. The molecular weight excluding hydrogens is 753 g/mol. The lowest BCUT2D eigenvalue weighted by Crippen LogP contribution is -1.96. The first-order valence-electron chi connectivity index (χ1n) is 21.1. The van der Waals surface area contributed by atoms with Gasteiger partial charge in [-0.2, -0.15) is 0 Å². The summed E-state index contributed by atoms with van der Waals surface area (Å²) in [5.41, 5.74) is 16.7. The third-order valence-corrected chi connectivity index (χ3v) is 12.2. The van der Waals surface area contributed by atoms with Gasteiger partial charge < -0.3 is 9.13 Å². The smallest absolute Gasteiger partial charge is 0.160 e. The molecule has 0 atom stereocenters. The van der Waals surface area contributed by atoms with Crippen LogP contribution in [0.25, 0.3) is 111 Å². The predicted molar refractivity (Wildman–Crippen MR) is 258 cm³/mol. The number of nitrogens with zero attached hydrogens (tertiary/aromatic N) is 4. The lowest BCUT2D eigenvalue weighted by atomic mass is 9.98. The summed E-state index contributed by atoms with van der Waals surface area (Å²) < 4.78 is 4.76. The normalized spacial score (nSPS) is 11.5. The average Bonchev–Trinajstić information content (AvgIpc) is 3.87. The molecule has 0 radical (unpaired) electrons. The summed E-state index contributed by atoms with van der Waals surface area (Å²) in [5, 5.41) is 4.95. The van der Waals surface area contributed by atoms with Gasteiger partial charge in [0.1, 0.15) is 0 Å². The van der Waals surface area contributed by atoms with E-state index in [4.69, 9.17) is 9.97 Å². The molecule has 0 saturated carbocycles. The van der Waals surface area contributed by atoms with E-state index in [-0.39, 0.29) is 0 Å². The summed E-state index contributed by atoms with van der Waals surface area (Å²) in [6.45, 7) is 0. The SMILES string of the molecule is c1ccc(-c2cc(-c3ccccc3)nc(-c3ccc(-c4cccc5c4c4ccccc4n5-c4ccc(-c5ccc6c(c5)c5ccccc5n6-c5ccccc5)cc4)cc3)n2)cc1. The molecule has 290 valence electrons. The van der Waals surface area contributed by atoms with Gasteiger partial charge in [0.15, 0.2) is 5.82 Å². The van der Waals surface area contributed by atoms with Crippen molar-refractivity contribution in [1.29, 1.82) is 0 Å². The molecule has 62 heavy (non-hydrogen) atoms. The van der Waals surface area contributed by atoms with Crippen molar-refractivity contribution in [3.63, 3.8) is 0 Å². The Labute approximate surface area is 359 Å². The van der Waals surface area contributed by atoms with Crippen LogP contribution in [0, 0.1) is 0 Å². The molecule has 0 amide bonds. The largest absolute Gasteiger partial charge is 0.309 e. The molecule has 4 heteroatoms. The van der Waals surface area contributed by atoms with Crippen LogP contribution < -0.4 is 0 Å². The molecule has 0 aliphatic heterocycles. The molecule has 3 heterocycles. The highest BCUT2D eigenvalue weighted by molar-refractivity contribution is 6.16. The summed E-state index contributed by atoms with van der Waals surface area (Å²) in [6, 6.07) is 82.1. The van der Waals surface area contributed by atoms with Crippen LogP contribution in [0.5, 0.6) is 0 Å². The number of aromatic nitrogens is 4. The van der Waals surface area contributed by atoms with Gasteiger partial charge in [-0.3, -0.25) is 0 Å². The summed E-state index contributed by atoms with van der Waals surface area (Å²) in [6.07, 6.45) is 0. The number of para-hydroxylation sites is 3. The Balaban J connectivity index is 0.920. The van der Waals surface area contributed by atoms with Gasteiger partial charge in [-0.1, -0.05) is 170 Å². The Morgan fingerprint density at radius 3 is 1.44 bits per heavy atom. The van der Waals surface area contributed by atoms with Crippen LogP contribution in [0.1, 0.15) is 0 Å². The van der Waals surface area contributed by atoms with Gasteiger partial charge in [0.05, 0.1) is 33.5 Å². The third kappa shape index (κ3) is 6.00. The highest BCUT2D eigenvalue weighted by Gasteiger charge is 2.18. The maximum atomic E-state index is 5.08. The number of hydrogen-bond acceptors (Lipinski definition) is 2. The highest BCUT2D eigenvalue weighted by atomic mass is 15.0. The third-order valence-electron chi connectivity index (χ3n) is 12.2.